The molecule has 84 valence electrons. The summed E-state index contributed by atoms with van der Waals surface area (Å²) >= 11 is 0. The van der Waals surface area contributed by atoms with Gasteiger partial charge in [0, 0.05) is 18.4 Å². The molecule has 1 N–H and O–H groups in total. The van der Waals surface area contributed by atoms with E-state index >= 15 is 0 Å². The molecule has 0 aromatic carbocycles. The molecule has 0 radical (unpaired) electrons. The first kappa shape index (κ1) is 9.85. The van der Waals surface area contributed by atoms with Gasteiger partial charge in [0.15, 0.2) is 0 Å². The molecule has 16 heavy (non-hydrogen) atoms. The molecular weight excluding hydrogens is 200 g/mol. The molecule has 0 saturated carbocycles. The van der Waals surface area contributed by atoms with Gasteiger partial charge < -0.3 is 5.11 Å². The normalized spacial score (nSPS) is 20.0. The van der Waals surface area contributed by atoms with Crippen molar-refractivity contribution in [3.8, 4) is 0 Å². The van der Waals surface area contributed by atoms with Crippen LogP contribution >= 0.6 is 0 Å². The minimum Gasteiger partial charge on any atom is -0.396 e. The third-order valence-corrected chi connectivity index (χ3v) is 3.50. The van der Waals surface area contributed by atoms with E-state index in [1.807, 2.05) is 4.52 Å². The average Bonchev–Trinajstić information content (AvgIpc) is 2.65. The Bertz CT molecular complexity index is 530. The number of nitrogens with zero attached hydrogens (tertiary/aromatic N) is 2. The average molecular weight is 216 g/mol. The van der Waals surface area contributed by atoms with Crippen LogP contribution in [0.2, 0.25) is 0 Å². The van der Waals surface area contributed by atoms with Crippen LogP contribution in [0.25, 0.3) is 5.52 Å². The van der Waals surface area contributed by atoms with Crippen LogP contribution in [0.4, 0.5) is 0 Å². The van der Waals surface area contributed by atoms with Crippen molar-refractivity contribution in [2.45, 2.75) is 26.2 Å². The van der Waals surface area contributed by atoms with E-state index in [-0.39, 0.29) is 0 Å². The zero-order chi connectivity index (χ0) is 11.1. The highest BCUT2D eigenvalue weighted by Crippen LogP contribution is 2.28. The van der Waals surface area contributed by atoms with E-state index in [0.29, 0.717) is 12.5 Å². The Morgan fingerprint density at radius 2 is 2.38 bits per heavy atom. The van der Waals surface area contributed by atoms with Gasteiger partial charge in [0.2, 0.25) is 0 Å². The van der Waals surface area contributed by atoms with Crippen LogP contribution in [0.3, 0.4) is 0 Å². The van der Waals surface area contributed by atoms with Crippen LogP contribution in [0.15, 0.2) is 18.3 Å². The third kappa shape index (κ3) is 1.43. The van der Waals surface area contributed by atoms with E-state index in [2.05, 4.69) is 30.4 Å². The summed E-state index contributed by atoms with van der Waals surface area (Å²) in [7, 11) is 0. The predicted octanol–water partition coefficient (Wildman–Crippen LogP) is 1.74. The summed E-state index contributed by atoms with van der Waals surface area (Å²) in [5, 5.41) is 13.9. The molecular formula is C13H16N2O. The van der Waals surface area contributed by atoms with Gasteiger partial charge >= 0.3 is 0 Å². The van der Waals surface area contributed by atoms with Gasteiger partial charge in [-0.05, 0) is 43.7 Å². The van der Waals surface area contributed by atoms with Crippen molar-refractivity contribution in [3.63, 3.8) is 0 Å². The van der Waals surface area contributed by atoms with Crippen LogP contribution in [0.1, 0.15) is 23.2 Å². The molecule has 0 fully saturated rings. The maximum absolute atomic E-state index is 9.24. The summed E-state index contributed by atoms with van der Waals surface area (Å²) in [5.74, 6) is 0.418. The summed E-state index contributed by atoms with van der Waals surface area (Å²) in [6.07, 6.45) is 5.10. The number of aliphatic hydroxyl groups excluding tert-OH is 1. The molecule has 1 aliphatic carbocycles. The number of hydrogen-bond donors (Lipinski definition) is 1. The van der Waals surface area contributed by atoms with E-state index in [1.165, 1.54) is 22.3 Å². The van der Waals surface area contributed by atoms with Gasteiger partial charge in [0.05, 0.1) is 11.2 Å². The lowest BCUT2D eigenvalue weighted by Crippen LogP contribution is -2.16. The van der Waals surface area contributed by atoms with Crippen molar-refractivity contribution in [1.82, 2.24) is 9.61 Å². The van der Waals surface area contributed by atoms with E-state index in [4.69, 9.17) is 0 Å². The molecule has 2 aromatic heterocycles. The molecule has 1 atom stereocenters. The maximum Gasteiger partial charge on any atom is 0.0696 e. The predicted molar refractivity (Wildman–Crippen MR) is 62.5 cm³/mol. The smallest absolute Gasteiger partial charge is 0.0696 e. The van der Waals surface area contributed by atoms with Crippen molar-refractivity contribution in [2.75, 3.05) is 6.61 Å². The zero-order valence-corrected chi connectivity index (χ0v) is 9.48. The van der Waals surface area contributed by atoms with Crippen molar-refractivity contribution in [2.24, 2.45) is 5.92 Å². The quantitative estimate of drug-likeness (QED) is 0.788. The van der Waals surface area contributed by atoms with Crippen molar-refractivity contribution >= 4 is 5.52 Å². The van der Waals surface area contributed by atoms with E-state index < -0.39 is 0 Å². The SMILES string of the molecule is Cc1ccc2c3c(nn2c1)CC[C@H](CO)C3. The van der Waals surface area contributed by atoms with Gasteiger partial charge in [0.1, 0.15) is 0 Å². The summed E-state index contributed by atoms with van der Waals surface area (Å²) in [4.78, 5) is 0. The van der Waals surface area contributed by atoms with Crippen LogP contribution in [-0.4, -0.2) is 21.3 Å². The molecule has 2 aromatic rings. The van der Waals surface area contributed by atoms with Gasteiger partial charge in [-0.2, -0.15) is 5.10 Å². The second-order valence-corrected chi connectivity index (χ2v) is 4.75. The summed E-state index contributed by atoms with van der Waals surface area (Å²) in [6, 6.07) is 4.26. The van der Waals surface area contributed by atoms with Gasteiger partial charge in [-0.15, -0.1) is 0 Å². The lowest BCUT2D eigenvalue weighted by atomic mass is 9.87. The first-order valence-electron chi connectivity index (χ1n) is 5.85. The van der Waals surface area contributed by atoms with Gasteiger partial charge in [-0.1, -0.05) is 6.07 Å². The summed E-state index contributed by atoms with van der Waals surface area (Å²) in [5.41, 5.74) is 4.99. The van der Waals surface area contributed by atoms with E-state index in [1.54, 1.807) is 0 Å². The molecule has 0 unspecified atom stereocenters. The first-order chi connectivity index (χ1) is 7.78. The summed E-state index contributed by atoms with van der Waals surface area (Å²) in [6.45, 7) is 2.37. The third-order valence-electron chi connectivity index (χ3n) is 3.50. The molecule has 0 saturated heterocycles. The minimum absolute atomic E-state index is 0.294. The van der Waals surface area contributed by atoms with E-state index in [0.717, 1.165) is 19.3 Å². The fraction of sp³-hybridized carbons (Fsp3) is 0.462. The number of hydrogen-bond acceptors (Lipinski definition) is 2. The number of pyridine rings is 1. The number of aliphatic hydroxyl groups is 1. The van der Waals surface area contributed by atoms with Gasteiger partial charge in [-0.3, -0.25) is 0 Å². The molecule has 3 heteroatoms. The number of aryl methyl sites for hydroxylation is 2. The van der Waals surface area contributed by atoms with Crippen LogP contribution < -0.4 is 0 Å². The Morgan fingerprint density at radius 1 is 1.50 bits per heavy atom. The molecule has 1 aliphatic rings. The Labute approximate surface area is 94.7 Å². The Kier molecular flexibility index (Phi) is 2.21. The lowest BCUT2D eigenvalue weighted by molar-refractivity contribution is 0.213. The monoisotopic (exact) mass is 216 g/mol. The molecule has 0 aliphatic heterocycles. The molecule has 0 bridgehead atoms. The van der Waals surface area contributed by atoms with Crippen molar-refractivity contribution in [1.29, 1.82) is 0 Å². The Balaban J connectivity index is 2.14. The number of aromatic nitrogens is 2. The van der Waals surface area contributed by atoms with Gasteiger partial charge in [0.25, 0.3) is 0 Å². The largest absolute Gasteiger partial charge is 0.396 e. The second-order valence-electron chi connectivity index (χ2n) is 4.75. The molecule has 3 rings (SSSR count). The second kappa shape index (κ2) is 3.59. The Hall–Kier alpha value is -1.35. The molecule has 0 spiro atoms. The summed E-state index contributed by atoms with van der Waals surface area (Å²) < 4.78 is 1.99. The van der Waals surface area contributed by atoms with Crippen LogP contribution in [0, 0.1) is 12.8 Å². The number of fused-ring (bicyclic) bond motifs is 3. The van der Waals surface area contributed by atoms with Gasteiger partial charge in [-0.25, -0.2) is 4.52 Å². The zero-order valence-electron chi connectivity index (χ0n) is 9.48. The van der Waals surface area contributed by atoms with Crippen LogP contribution in [0.5, 0.6) is 0 Å². The first-order valence-corrected chi connectivity index (χ1v) is 5.85. The Morgan fingerprint density at radius 3 is 3.19 bits per heavy atom. The molecule has 2 heterocycles. The standard InChI is InChI=1S/C13H16N2O/c1-9-2-5-13-11-6-10(8-16)3-4-12(11)14-15(13)7-9/h2,5,7,10,16H,3-4,6,8H2,1H3/t10-/m0/s1. The lowest BCUT2D eigenvalue weighted by Gasteiger charge is -2.18. The van der Waals surface area contributed by atoms with E-state index in [9.17, 15) is 5.11 Å². The topological polar surface area (TPSA) is 37.5 Å². The van der Waals surface area contributed by atoms with Crippen LogP contribution in [-0.2, 0) is 12.8 Å². The molecule has 0 amide bonds. The fourth-order valence-electron chi connectivity index (χ4n) is 2.56. The highest BCUT2D eigenvalue weighted by molar-refractivity contribution is 5.57. The highest BCUT2D eigenvalue weighted by Gasteiger charge is 2.22. The minimum atomic E-state index is 0.294. The fourth-order valence-corrected chi connectivity index (χ4v) is 2.56. The highest BCUT2D eigenvalue weighted by atomic mass is 16.3. The van der Waals surface area contributed by atoms with Crippen molar-refractivity contribution < 1.29 is 5.11 Å². The van der Waals surface area contributed by atoms with Crippen molar-refractivity contribution in [3.05, 3.63) is 35.2 Å². The number of rotatable bonds is 1. The molecule has 3 nitrogen and oxygen atoms in total. The maximum atomic E-state index is 9.24.